The highest BCUT2D eigenvalue weighted by molar-refractivity contribution is 5.61. The molecule has 0 fully saturated rings. The molecule has 0 aliphatic rings. The van der Waals surface area contributed by atoms with Crippen molar-refractivity contribution in [1.29, 1.82) is 0 Å². The fourth-order valence-corrected chi connectivity index (χ4v) is 3.16. The summed E-state index contributed by atoms with van der Waals surface area (Å²) in [5.74, 6) is -0.192. The van der Waals surface area contributed by atoms with Crippen LogP contribution in [0, 0.1) is 5.82 Å². The van der Waals surface area contributed by atoms with Crippen LogP contribution >= 0.6 is 0 Å². The first kappa shape index (κ1) is 18.8. The van der Waals surface area contributed by atoms with Gasteiger partial charge < -0.3 is 15.4 Å². The van der Waals surface area contributed by atoms with Gasteiger partial charge in [0.2, 0.25) is 5.95 Å². The second-order valence-corrected chi connectivity index (χ2v) is 6.71. The van der Waals surface area contributed by atoms with Crippen LogP contribution in [0.4, 0.5) is 16.0 Å². The maximum Gasteiger partial charge on any atom is 0.227 e. The molecule has 4 rings (SSSR count). The Morgan fingerprint density at radius 3 is 2.52 bits per heavy atom. The van der Waals surface area contributed by atoms with Gasteiger partial charge in [-0.2, -0.15) is 0 Å². The van der Waals surface area contributed by atoms with E-state index in [2.05, 4.69) is 25.3 Å². The first-order valence-electron chi connectivity index (χ1n) is 9.24. The SMILES string of the molecule is CC(c1[nH]cnc1-c1ccnc(Nc2ccccc2)n1)C(O)c1ccc(F)cc1. The minimum Gasteiger partial charge on any atom is -0.388 e. The van der Waals surface area contributed by atoms with E-state index < -0.39 is 6.10 Å². The topological polar surface area (TPSA) is 86.7 Å². The third-order valence-electron chi connectivity index (χ3n) is 4.74. The van der Waals surface area contributed by atoms with Crippen molar-refractivity contribution in [3.63, 3.8) is 0 Å². The summed E-state index contributed by atoms with van der Waals surface area (Å²) in [6.45, 7) is 1.88. The number of nitrogens with one attached hydrogen (secondary N) is 2. The Labute approximate surface area is 167 Å². The Balaban J connectivity index is 1.60. The zero-order chi connectivity index (χ0) is 20.2. The highest BCUT2D eigenvalue weighted by atomic mass is 19.1. The molecule has 0 spiro atoms. The molecule has 146 valence electrons. The number of aromatic amines is 1. The van der Waals surface area contributed by atoms with Crippen molar-refractivity contribution in [3.05, 3.63) is 90.3 Å². The number of para-hydroxylation sites is 1. The Hall–Kier alpha value is -3.58. The van der Waals surface area contributed by atoms with Crippen molar-refractivity contribution >= 4 is 11.6 Å². The minimum absolute atomic E-state index is 0.307. The molecular weight excluding hydrogens is 369 g/mol. The van der Waals surface area contributed by atoms with Gasteiger partial charge in [0.05, 0.1) is 18.1 Å². The van der Waals surface area contributed by atoms with Crippen molar-refractivity contribution in [2.45, 2.75) is 18.9 Å². The smallest absolute Gasteiger partial charge is 0.227 e. The standard InChI is InChI=1S/C22H20FN5O/c1-14(21(29)15-7-9-16(23)10-8-15)19-20(26-13-25-19)18-11-12-24-22(28-18)27-17-5-3-2-4-6-17/h2-14,21,29H,1H3,(H,25,26)(H,24,27,28). The summed E-state index contributed by atoms with van der Waals surface area (Å²) in [6, 6.07) is 17.3. The fraction of sp³-hybridized carbons (Fsp3) is 0.136. The molecule has 0 amide bonds. The number of rotatable bonds is 6. The lowest BCUT2D eigenvalue weighted by Crippen LogP contribution is -2.09. The van der Waals surface area contributed by atoms with Crippen LogP contribution in [-0.4, -0.2) is 25.0 Å². The van der Waals surface area contributed by atoms with E-state index in [-0.39, 0.29) is 11.7 Å². The number of anilines is 2. The highest BCUT2D eigenvalue weighted by Crippen LogP contribution is 2.34. The minimum atomic E-state index is -0.821. The van der Waals surface area contributed by atoms with E-state index >= 15 is 0 Å². The monoisotopic (exact) mass is 389 g/mol. The van der Waals surface area contributed by atoms with Gasteiger partial charge in [0.1, 0.15) is 11.5 Å². The summed E-state index contributed by atoms with van der Waals surface area (Å²) in [7, 11) is 0. The number of H-pyrrole nitrogens is 1. The van der Waals surface area contributed by atoms with E-state index in [1.54, 1.807) is 30.7 Å². The van der Waals surface area contributed by atoms with E-state index in [1.807, 2.05) is 37.3 Å². The van der Waals surface area contributed by atoms with Gasteiger partial charge in [-0.3, -0.25) is 0 Å². The van der Waals surface area contributed by atoms with Gasteiger partial charge in [-0.05, 0) is 35.9 Å². The van der Waals surface area contributed by atoms with Crippen molar-refractivity contribution in [2.24, 2.45) is 0 Å². The lowest BCUT2D eigenvalue weighted by molar-refractivity contribution is 0.150. The first-order valence-corrected chi connectivity index (χ1v) is 9.24. The number of benzene rings is 2. The predicted octanol–water partition coefficient (Wildman–Crippen LogP) is 4.59. The number of aliphatic hydroxyl groups excluding tert-OH is 1. The average Bonchev–Trinajstić information content (AvgIpc) is 3.24. The van der Waals surface area contributed by atoms with Gasteiger partial charge in [0.25, 0.3) is 0 Å². The molecule has 2 heterocycles. The highest BCUT2D eigenvalue weighted by Gasteiger charge is 2.24. The molecule has 0 saturated heterocycles. The fourth-order valence-electron chi connectivity index (χ4n) is 3.16. The third kappa shape index (κ3) is 4.14. The molecular formula is C22H20FN5O. The van der Waals surface area contributed by atoms with E-state index in [1.165, 1.54) is 12.1 Å². The van der Waals surface area contributed by atoms with Crippen LogP contribution < -0.4 is 5.32 Å². The number of aromatic nitrogens is 4. The lowest BCUT2D eigenvalue weighted by atomic mass is 9.93. The molecule has 3 N–H and O–H groups in total. The zero-order valence-corrected chi connectivity index (χ0v) is 15.7. The van der Waals surface area contributed by atoms with Gasteiger partial charge in [-0.1, -0.05) is 37.3 Å². The zero-order valence-electron chi connectivity index (χ0n) is 15.7. The number of imidazole rings is 1. The molecule has 0 saturated carbocycles. The molecule has 0 radical (unpaired) electrons. The Kier molecular flexibility index (Phi) is 5.31. The van der Waals surface area contributed by atoms with Crippen molar-refractivity contribution in [2.75, 3.05) is 5.32 Å². The van der Waals surface area contributed by atoms with Crippen LogP contribution in [0.25, 0.3) is 11.4 Å². The van der Waals surface area contributed by atoms with Crippen LogP contribution in [0.2, 0.25) is 0 Å². The van der Waals surface area contributed by atoms with Crippen LogP contribution in [0.1, 0.15) is 30.2 Å². The quantitative estimate of drug-likeness (QED) is 0.449. The predicted molar refractivity (Wildman–Crippen MR) is 109 cm³/mol. The van der Waals surface area contributed by atoms with Crippen LogP contribution in [0.5, 0.6) is 0 Å². The molecule has 4 aromatic rings. The summed E-state index contributed by atoms with van der Waals surface area (Å²) in [6.07, 6.45) is 2.41. The number of aliphatic hydroxyl groups is 1. The van der Waals surface area contributed by atoms with E-state index in [9.17, 15) is 9.50 Å². The maximum atomic E-state index is 13.2. The van der Waals surface area contributed by atoms with Gasteiger partial charge in [0.15, 0.2) is 0 Å². The number of nitrogens with zero attached hydrogens (tertiary/aromatic N) is 3. The Morgan fingerprint density at radius 1 is 1.00 bits per heavy atom. The lowest BCUT2D eigenvalue weighted by Gasteiger charge is -2.19. The number of hydrogen-bond donors (Lipinski definition) is 3. The normalized spacial score (nSPS) is 13.1. The van der Waals surface area contributed by atoms with Crippen molar-refractivity contribution in [3.8, 4) is 11.4 Å². The van der Waals surface area contributed by atoms with Crippen molar-refractivity contribution in [1.82, 2.24) is 19.9 Å². The molecule has 2 aromatic heterocycles. The van der Waals surface area contributed by atoms with E-state index in [4.69, 9.17) is 0 Å². The summed E-state index contributed by atoms with van der Waals surface area (Å²) in [5.41, 5.74) is 3.52. The van der Waals surface area contributed by atoms with Crippen molar-refractivity contribution < 1.29 is 9.50 Å². The van der Waals surface area contributed by atoms with Crippen LogP contribution in [0.3, 0.4) is 0 Å². The maximum absolute atomic E-state index is 13.2. The second-order valence-electron chi connectivity index (χ2n) is 6.71. The molecule has 29 heavy (non-hydrogen) atoms. The third-order valence-corrected chi connectivity index (χ3v) is 4.74. The number of halogens is 1. The summed E-state index contributed by atoms with van der Waals surface area (Å²) >= 11 is 0. The van der Waals surface area contributed by atoms with Gasteiger partial charge in [0, 0.05) is 23.5 Å². The van der Waals surface area contributed by atoms with Crippen LogP contribution in [-0.2, 0) is 0 Å². The molecule has 0 aliphatic carbocycles. The van der Waals surface area contributed by atoms with Crippen LogP contribution in [0.15, 0.2) is 73.2 Å². The molecule has 0 aliphatic heterocycles. The van der Waals surface area contributed by atoms with Gasteiger partial charge >= 0.3 is 0 Å². The molecule has 7 heteroatoms. The largest absolute Gasteiger partial charge is 0.388 e. The summed E-state index contributed by atoms with van der Waals surface area (Å²) in [5, 5.41) is 13.9. The molecule has 2 atom stereocenters. The molecule has 2 aromatic carbocycles. The number of hydrogen-bond acceptors (Lipinski definition) is 5. The average molecular weight is 389 g/mol. The summed E-state index contributed by atoms with van der Waals surface area (Å²) in [4.78, 5) is 16.3. The van der Waals surface area contributed by atoms with E-state index in [0.717, 1.165) is 11.4 Å². The van der Waals surface area contributed by atoms with Gasteiger partial charge in [-0.15, -0.1) is 0 Å². The Morgan fingerprint density at radius 2 is 1.76 bits per heavy atom. The second kappa shape index (κ2) is 8.20. The molecule has 6 nitrogen and oxygen atoms in total. The Bertz CT molecular complexity index is 1080. The van der Waals surface area contributed by atoms with E-state index in [0.29, 0.717) is 22.9 Å². The molecule has 0 bridgehead atoms. The molecule has 2 unspecified atom stereocenters. The van der Waals surface area contributed by atoms with Gasteiger partial charge in [-0.25, -0.2) is 19.3 Å². The summed E-state index contributed by atoms with van der Waals surface area (Å²) < 4.78 is 13.2. The first-order chi connectivity index (χ1) is 14.1.